The molecule has 0 bridgehead atoms. The van der Waals surface area contributed by atoms with E-state index < -0.39 is 0 Å². The minimum atomic E-state index is 0.0421. The Bertz CT molecular complexity index is 214. The maximum Gasteiger partial charge on any atom is 0.183 e. The van der Waals surface area contributed by atoms with Crippen molar-refractivity contribution < 1.29 is 4.79 Å². The van der Waals surface area contributed by atoms with Gasteiger partial charge in [-0.2, -0.15) is 5.10 Å². The van der Waals surface area contributed by atoms with Crippen molar-refractivity contribution in [1.82, 2.24) is 10.2 Å². The Balaban J connectivity index is 2.78. The van der Waals surface area contributed by atoms with Crippen LogP contribution in [-0.4, -0.2) is 16.0 Å². The first-order valence-corrected chi connectivity index (χ1v) is 3.25. The van der Waals surface area contributed by atoms with Crippen molar-refractivity contribution in [2.75, 3.05) is 0 Å². The van der Waals surface area contributed by atoms with Crippen molar-refractivity contribution in [1.29, 1.82) is 0 Å². The van der Waals surface area contributed by atoms with Gasteiger partial charge in [0.25, 0.3) is 0 Å². The topological polar surface area (TPSA) is 45.8 Å². The van der Waals surface area contributed by atoms with Crippen LogP contribution in [0.15, 0.2) is 12.3 Å². The highest BCUT2D eigenvalue weighted by atomic mass is 16.1. The van der Waals surface area contributed by atoms with Crippen LogP contribution in [0, 0.1) is 5.92 Å². The number of aromatic nitrogens is 2. The van der Waals surface area contributed by atoms with E-state index in [1.54, 1.807) is 12.3 Å². The second kappa shape index (κ2) is 2.64. The predicted molar refractivity (Wildman–Crippen MR) is 37.8 cm³/mol. The molecular formula is C7H10N2O. The molecule has 3 nitrogen and oxygen atoms in total. The van der Waals surface area contributed by atoms with Crippen LogP contribution in [0.1, 0.15) is 24.3 Å². The zero-order valence-corrected chi connectivity index (χ0v) is 6.09. The summed E-state index contributed by atoms with van der Waals surface area (Å²) in [5, 5.41) is 6.30. The summed E-state index contributed by atoms with van der Waals surface area (Å²) in [5.74, 6) is 0.151. The third-order valence-electron chi connectivity index (χ3n) is 1.29. The molecule has 1 rings (SSSR count). The van der Waals surface area contributed by atoms with Crippen molar-refractivity contribution in [2.24, 2.45) is 5.92 Å². The van der Waals surface area contributed by atoms with Gasteiger partial charge in [-0.25, -0.2) is 0 Å². The number of hydrogen-bond acceptors (Lipinski definition) is 2. The molecule has 0 aliphatic heterocycles. The fourth-order valence-electron chi connectivity index (χ4n) is 0.704. The molecule has 0 fully saturated rings. The van der Waals surface area contributed by atoms with Gasteiger partial charge in [-0.15, -0.1) is 0 Å². The maximum absolute atomic E-state index is 11.1. The van der Waals surface area contributed by atoms with Gasteiger partial charge < -0.3 is 0 Å². The molecule has 1 aromatic heterocycles. The number of aromatic amines is 1. The Kier molecular flexibility index (Phi) is 1.85. The lowest BCUT2D eigenvalue weighted by molar-refractivity contribution is 0.0934. The van der Waals surface area contributed by atoms with Crippen LogP contribution in [0.2, 0.25) is 0 Å². The van der Waals surface area contributed by atoms with Gasteiger partial charge in [0.15, 0.2) is 5.78 Å². The quantitative estimate of drug-likeness (QED) is 0.625. The number of nitrogens with zero attached hydrogens (tertiary/aromatic N) is 1. The molecule has 1 heterocycles. The van der Waals surface area contributed by atoms with E-state index in [0.29, 0.717) is 5.69 Å². The van der Waals surface area contributed by atoms with Gasteiger partial charge in [-0.3, -0.25) is 9.89 Å². The van der Waals surface area contributed by atoms with E-state index in [0.717, 1.165) is 0 Å². The number of ketones is 1. The first kappa shape index (κ1) is 6.99. The number of H-pyrrole nitrogens is 1. The van der Waals surface area contributed by atoms with Crippen LogP contribution < -0.4 is 0 Å². The average Bonchev–Trinajstić information content (AvgIpc) is 2.36. The lowest BCUT2D eigenvalue weighted by atomic mass is 10.1. The number of rotatable bonds is 2. The van der Waals surface area contributed by atoms with Crippen LogP contribution in [0.25, 0.3) is 0 Å². The molecule has 3 heteroatoms. The third kappa shape index (κ3) is 1.23. The first-order valence-electron chi connectivity index (χ1n) is 3.25. The Morgan fingerprint density at radius 3 is 2.80 bits per heavy atom. The van der Waals surface area contributed by atoms with E-state index in [9.17, 15) is 4.79 Å². The highest BCUT2D eigenvalue weighted by Gasteiger charge is 2.10. The number of carbonyl (C=O) groups excluding carboxylic acids is 1. The Labute approximate surface area is 59.4 Å². The number of Topliss-reactive ketones (excluding diaryl/α,β-unsaturated/α-hetero) is 1. The van der Waals surface area contributed by atoms with E-state index in [1.807, 2.05) is 13.8 Å². The molecule has 10 heavy (non-hydrogen) atoms. The van der Waals surface area contributed by atoms with Crippen LogP contribution in [0.5, 0.6) is 0 Å². The van der Waals surface area contributed by atoms with E-state index in [1.165, 1.54) is 0 Å². The molecule has 0 amide bonds. The molecule has 1 N–H and O–H groups in total. The van der Waals surface area contributed by atoms with Crippen molar-refractivity contribution in [3.05, 3.63) is 18.0 Å². The highest BCUT2D eigenvalue weighted by Crippen LogP contribution is 2.02. The number of hydrogen-bond donors (Lipinski definition) is 1. The Morgan fingerprint density at radius 2 is 2.40 bits per heavy atom. The molecule has 1 aromatic rings. The Hall–Kier alpha value is -1.12. The lowest BCUT2D eigenvalue weighted by Crippen LogP contribution is -2.07. The predicted octanol–water partition coefficient (Wildman–Crippen LogP) is 1.25. The molecule has 54 valence electrons. The Morgan fingerprint density at radius 1 is 1.70 bits per heavy atom. The van der Waals surface area contributed by atoms with Crippen LogP contribution >= 0.6 is 0 Å². The summed E-state index contributed by atoms with van der Waals surface area (Å²) in [6, 6.07) is 1.68. The van der Waals surface area contributed by atoms with E-state index in [-0.39, 0.29) is 11.7 Å². The lowest BCUT2D eigenvalue weighted by Gasteiger charge is -1.98. The summed E-state index contributed by atoms with van der Waals surface area (Å²) in [5.41, 5.74) is 0.593. The zero-order chi connectivity index (χ0) is 7.56. The summed E-state index contributed by atoms with van der Waals surface area (Å²) in [4.78, 5) is 11.1. The SMILES string of the molecule is CC(C)C(=O)c1ccn[nH]1. The average molecular weight is 138 g/mol. The molecule has 0 aromatic carbocycles. The van der Waals surface area contributed by atoms with Gasteiger partial charge in [-0.1, -0.05) is 13.8 Å². The summed E-state index contributed by atoms with van der Waals surface area (Å²) in [6.07, 6.45) is 1.58. The molecule has 0 aliphatic rings. The van der Waals surface area contributed by atoms with Gasteiger partial charge in [0.2, 0.25) is 0 Å². The van der Waals surface area contributed by atoms with Crippen molar-refractivity contribution in [3.63, 3.8) is 0 Å². The van der Waals surface area contributed by atoms with Crippen LogP contribution in [0.4, 0.5) is 0 Å². The van der Waals surface area contributed by atoms with Gasteiger partial charge in [0.05, 0.1) is 0 Å². The molecule has 0 spiro atoms. The van der Waals surface area contributed by atoms with Crippen molar-refractivity contribution in [2.45, 2.75) is 13.8 Å². The van der Waals surface area contributed by atoms with Gasteiger partial charge in [0.1, 0.15) is 5.69 Å². The molecule has 0 unspecified atom stereocenters. The zero-order valence-electron chi connectivity index (χ0n) is 6.09. The van der Waals surface area contributed by atoms with E-state index >= 15 is 0 Å². The smallest absolute Gasteiger partial charge is 0.183 e. The minimum Gasteiger partial charge on any atom is -0.292 e. The molecule has 0 aliphatic carbocycles. The fraction of sp³-hybridized carbons (Fsp3) is 0.429. The summed E-state index contributed by atoms with van der Waals surface area (Å²) in [6.45, 7) is 3.73. The molecule has 0 radical (unpaired) electrons. The molecular weight excluding hydrogens is 128 g/mol. The molecule has 0 saturated heterocycles. The monoisotopic (exact) mass is 138 g/mol. The second-order valence-electron chi connectivity index (χ2n) is 2.49. The summed E-state index contributed by atoms with van der Waals surface area (Å²) < 4.78 is 0. The van der Waals surface area contributed by atoms with Gasteiger partial charge >= 0.3 is 0 Å². The minimum absolute atomic E-state index is 0.0421. The van der Waals surface area contributed by atoms with E-state index in [4.69, 9.17) is 0 Å². The highest BCUT2D eigenvalue weighted by molar-refractivity contribution is 5.95. The molecule has 0 saturated carbocycles. The van der Waals surface area contributed by atoms with Crippen molar-refractivity contribution >= 4 is 5.78 Å². The van der Waals surface area contributed by atoms with E-state index in [2.05, 4.69) is 10.2 Å². The third-order valence-corrected chi connectivity index (χ3v) is 1.29. The van der Waals surface area contributed by atoms with Crippen LogP contribution in [0.3, 0.4) is 0 Å². The summed E-state index contributed by atoms with van der Waals surface area (Å²) >= 11 is 0. The maximum atomic E-state index is 11.1. The van der Waals surface area contributed by atoms with Gasteiger partial charge in [-0.05, 0) is 6.07 Å². The fourth-order valence-corrected chi connectivity index (χ4v) is 0.704. The van der Waals surface area contributed by atoms with Crippen LogP contribution in [-0.2, 0) is 0 Å². The summed E-state index contributed by atoms with van der Waals surface area (Å²) in [7, 11) is 0. The second-order valence-corrected chi connectivity index (χ2v) is 2.49. The number of nitrogens with one attached hydrogen (secondary N) is 1. The first-order chi connectivity index (χ1) is 4.72. The normalized spacial score (nSPS) is 10.3. The number of carbonyl (C=O) groups is 1. The standard InChI is InChI=1S/C7H10N2O/c1-5(2)7(10)6-3-4-8-9-6/h3-5H,1-2H3,(H,8,9). The molecule has 0 atom stereocenters. The van der Waals surface area contributed by atoms with Crippen molar-refractivity contribution in [3.8, 4) is 0 Å². The largest absolute Gasteiger partial charge is 0.292 e. The van der Waals surface area contributed by atoms with Gasteiger partial charge in [0, 0.05) is 12.1 Å².